The van der Waals surface area contributed by atoms with Gasteiger partial charge in [-0.2, -0.15) is 0 Å². The van der Waals surface area contributed by atoms with Crippen LogP contribution in [0, 0.1) is 0 Å². The van der Waals surface area contributed by atoms with Gasteiger partial charge in [-0.3, -0.25) is 0 Å². The van der Waals surface area contributed by atoms with Crippen LogP contribution >= 0.6 is 0 Å². The monoisotopic (exact) mass is 302 g/mol. The smallest absolute Gasteiger partial charge is 0.863 e. The third kappa shape index (κ3) is 3.31. The van der Waals surface area contributed by atoms with E-state index >= 15 is 0 Å². The summed E-state index contributed by atoms with van der Waals surface area (Å²) in [5.74, 6) is 0. The predicted molar refractivity (Wildman–Crippen MR) is 81.6 cm³/mol. The van der Waals surface area contributed by atoms with Crippen molar-refractivity contribution < 1.29 is 56.2 Å². The molecule has 1 nitrogen and oxygen atoms in total. The molecule has 94 valence electrons. The second-order valence-corrected chi connectivity index (χ2v) is 5.55. The summed E-state index contributed by atoms with van der Waals surface area (Å²) in [4.78, 5) is 11.1. The Morgan fingerprint density at radius 3 is 2.25 bits per heavy atom. The van der Waals surface area contributed by atoms with Crippen molar-refractivity contribution in [2.24, 2.45) is 0 Å². The summed E-state index contributed by atoms with van der Waals surface area (Å²) in [6.07, 6.45) is 0. The fourth-order valence-electron chi connectivity index (χ4n) is 2.57. The second-order valence-electron chi connectivity index (χ2n) is 4.64. The Labute approximate surface area is 164 Å². The zero-order chi connectivity index (χ0) is 13.1. The molecule has 0 aliphatic carbocycles. The van der Waals surface area contributed by atoms with Gasteiger partial charge in [0.1, 0.15) is 0 Å². The average molecular weight is 302 g/mol. The molecule has 0 radical (unpaired) electrons. The molecule has 0 fully saturated rings. The molecule has 3 rings (SSSR count). The number of hydrogen-bond acceptors (Lipinski definition) is 1. The Morgan fingerprint density at radius 2 is 1.40 bits per heavy atom. The average Bonchev–Trinajstić information content (AvgIpc) is 2.48. The third-order valence-electron chi connectivity index (χ3n) is 3.47. The van der Waals surface area contributed by atoms with Crippen molar-refractivity contribution >= 4 is 20.5 Å². The Kier molecular flexibility index (Phi) is 6.17. The van der Waals surface area contributed by atoms with Gasteiger partial charge in [0.15, 0.2) is 0 Å². The van der Waals surface area contributed by atoms with Crippen LogP contribution in [0.5, 0.6) is 0 Å². The van der Waals surface area contributed by atoms with Crippen molar-refractivity contribution in [3.05, 3.63) is 72.3 Å². The van der Waals surface area contributed by atoms with E-state index in [1.807, 2.05) is 12.1 Å². The first-order valence-electron chi connectivity index (χ1n) is 6.54. The minimum absolute atomic E-state index is 0. The van der Waals surface area contributed by atoms with Crippen molar-refractivity contribution in [3.8, 4) is 11.1 Å². The molecule has 0 unspecified atom stereocenters. The van der Waals surface area contributed by atoms with Gasteiger partial charge in [0.05, 0.1) is 0 Å². The van der Waals surface area contributed by atoms with Crippen molar-refractivity contribution in [2.75, 3.05) is 0 Å². The Morgan fingerprint density at radius 1 is 0.750 bits per heavy atom. The summed E-state index contributed by atoms with van der Waals surface area (Å²) in [5.41, 5.74) is 3.64. The van der Waals surface area contributed by atoms with Gasteiger partial charge < -0.3 is 4.80 Å². The second kappa shape index (κ2) is 7.66. The quantitative estimate of drug-likeness (QED) is 0.596. The predicted octanol–water partition coefficient (Wildman–Crippen LogP) is -0.545. The molecule has 0 aliphatic heterocycles. The Hall–Kier alpha value is -0.267. The van der Waals surface area contributed by atoms with E-state index in [9.17, 15) is 4.80 Å². The van der Waals surface area contributed by atoms with Gasteiger partial charge in [0.2, 0.25) is 0 Å². The van der Waals surface area contributed by atoms with Crippen LogP contribution < -0.4 is 56.2 Å². The fraction of sp³-hybridized carbons (Fsp3) is 0.0588. The van der Waals surface area contributed by atoms with Crippen LogP contribution in [0.2, 0.25) is 0 Å². The summed E-state index contributed by atoms with van der Waals surface area (Å²) in [5, 5.41) is 2.50. The molecule has 0 saturated heterocycles. The van der Waals surface area contributed by atoms with E-state index in [4.69, 9.17) is 0 Å². The topological polar surface area (TPSA) is 23.1 Å². The van der Waals surface area contributed by atoms with Gasteiger partial charge in [-0.1, -0.05) is 82.5 Å². The third-order valence-corrected chi connectivity index (χ3v) is 4.21. The Balaban J connectivity index is 0.00000147. The van der Waals surface area contributed by atoms with E-state index in [0.717, 1.165) is 6.04 Å². The molecular weight excluding hydrogens is 287 g/mol. The standard InChI is InChI=1S/C17H15OSi.K/c18-19-12-14-7-2-4-10-16(14)17-11-5-8-13-6-1-3-9-15(13)17;/h1-11H,12,19H2;/q-1;+1. The largest absolute Gasteiger partial charge is 1.00 e. The molecule has 20 heavy (non-hydrogen) atoms. The molecular formula is C17H15KOSi. The van der Waals surface area contributed by atoms with Crippen molar-refractivity contribution in [1.29, 1.82) is 0 Å². The molecule has 3 heteroatoms. The van der Waals surface area contributed by atoms with Gasteiger partial charge in [-0.25, -0.2) is 0 Å². The van der Waals surface area contributed by atoms with Gasteiger partial charge in [-0.05, 0) is 27.5 Å². The first kappa shape index (κ1) is 16.1. The van der Waals surface area contributed by atoms with Crippen LogP contribution in [0.3, 0.4) is 0 Å². The molecule has 0 aliphatic rings. The minimum Gasteiger partial charge on any atom is -0.863 e. The summed E-state index contributed by atoms with van der Waals surface area (Å²) in [7, 11) is -1.21. The number of hydrogen-bond donors (Lipinski definition) is 0. The maximum absolute atomic E-state index is 11.1. The summed E-state index contributed by atoms with van der Waals surface area (Å²) >= 11 is 0. The van der Waals surface area contributed by atoms with Gasteiger partial charge >= 0.3 is 51.4 Å². The van der Waals surface area contributed by atoms with E-state index in [1.54, 1.807) is 0 Å². The molecule has 3 aromatic carbocycles. The van der Waals surface area contributed by atoms with Crippen molar-refractivity contribution in [3.63, 3.8) is 0 Å². The molecule has 0 bridgehead atoms. The first-order valence-corrected chi connectivity index (χ1v) is 8.12. The fourth-order valence-corrected chi connectivity index (χ4v) is 3.23. The number of fused-ring (bicyclic) bond motifs is 1. The molecule has 0 N–H and O–H groups in total. The normalized spacial score (nSPS) is 10.8. The summed E-state index contributed by atoms with van der Waals surface area (Å²) in [6.45, 7) is 0. The molecule has 0 spiro atoms. The Bertz CT molecular complexity index is 707. The van der Waals surface area contributed by atoms with Crippen LogP contribution in [0.15, 0.2) is 66.7 Å². The van der Waals surface area contributed by atoms with Crippen LogP contribution in [-0.4, -0.2) is 9.76 Å². The molecule has 0 saturated carbocycles. The first-order chi connectivity index (χ1) is 9.40. The molecule has 3 aromatic rings. The molecule has 0 heterocycles. The van der Waals surface area contributed by atoms with Crippen molar-refractivity contribution in [1.82, 2.24) is 0 Å². The van der Waals surface area contributed by atoms with E-state index in [2.05, 4.69) is 54.6 Å². The van der Waals surface area contributed by atoms with Gasteiger partial charge in [0.25, 0.3) is 0 Å². The maximum Gasteiger partial charge on any atom is 1.00 e. The van der Waals surface area contributed by atoms with E-state index < -0.39 is 9.76 Å². The van der Waals surface area contributed by atoms with Crippen molar-refractivity contribution in [2.45, 2.75) is 6.04 Å². The summed E-state index contributed by atoms with van der Waals surface area (Å²) < 4.78 is 0. The number of benzene rings is 3. The van der Waals surface area contributed by atoms with Crippen LogP contribution in [-0.2, 0) is 6.04 Å². The van der Waals surface area contributed by atoms with Gasteiger partial charge in [-0.15, -0.1) is 0 Å². The molecule has 0 aromatic heterocycles. The van der Waals surface area contributed by atoms with E-state index in [-0.39, 0.29) is 51.4 Å². The van der Waals surface area contributed by atoms with E-state index in [0.29, 0.717) is 0 Å². The van der Waals surface area contributed by atoms with E-state index in [1.165, 1.54) is 27.5 Å². The van der Waals surface area contributed by atoms with Crippen LogP contribution in [0.25, 0.3) is 21.9 Å². The molecule has 0 atom stereocenters. The summed E-state index contributed by atoms with van der Waals surface area (Å²) in [6, 6.07) is 23.8. The zero-order valence-corrected chi connectivity index (χ0v) is 16.2. The van der Waals surface area contributed by atoms with Crippen LogP contribution in [0.1, 0.15) is 5.56 Å². The van der Waals surface area contributed by atoms with Crippen LogP contribution in [0.4, 0.5) is 0 Å². The van der Waals surface area contributed by atoms with Gasteiger partial charge in [0, 0.05) is 0 Å². The zero-order valence-electron chi connectivity index (χ0n) is 11.7. The maximum atomic E-state index is 11.1. The minimum atomic E-state index is -1.21. The molecule has 0 amide bonds. The number of rotatable bonds is 3. The SMILES string of the molecule is [K+].[O-][SiH2]Cc1ccccc1-c1cccc2ccccc12.